The summed E-state index contributed by atoms with van der Waals surface area (Å²) in [4.78, 5) is 11.1. The quantitative estimate of drug-likeness (QED) is 0.755. The number of alkyl halides is 3. The molecule has 0 aromatic heterocycles. The molecule has 6 heteroatoms. The molecule has 2 aromatic rings. The molecule has 0 heterocycles. The van der Waals surface area contributed by atoms with Crippen molar-refractivity contribution in [1.29, 1.82) is 0 Å². The Kier molecular flexibility index (Phi) is 5.38. The van der Waals surface area contributed by atoms with E-state index in [1.54, 1.807) is 24.3 Å². The molecule has 21 heavy (non-hydrogen) atoms. The first-order valence-electron chi connectivity index (χ1n) is 5.82. The van der Waals surface area contributed by atoms with Crippen LogP contribution in [0.25, 0.3) is 11.1 Å². The average Bonchev–Trinajstić information content (AvgIpc) is 2.38. The van der Waals surface area contributed by atoms with Gasteiger partial charge in [0.25, 0.3) is 0 Å². The second-order valence-electron chi connectivity index (χ2n) is 4.21. The number of ketones is 1. The Balaban J connectivity index is 0.00000220. The molecule has 0 amide bonds. The summed E-state index contributed by atoms with van der Waals surface area (Å²) >= 11 is 0. The first-order chi connectivity index (χ1) is 9.35. The normalized spacial score (nSPS) is 10.7. The van der Waals surface area contributed by atoms with Gasteiger partial charge in [-0.3, -0.25) is 4.79 Å². The molecule has 0 bridgehead atoms. The van der Waals surface area contributed by atoms with Crippen LogP contribution in [0.3, 0.4) is 0 Å². The molecule has 0 saturated heterocycles. The van der Waals surface area contributed by atoms with Gasteiger partial charge in [0.1, 0.15) is 5.75 Å². The van der Waals surface area contributed by atoms with Crippen LogP contribution in [0.4, 0.5) is 13.2 Å². The van der Waals surface area contributed by atoms with E-state index in [0.29, 0.717) is 5.56 Å². The first-order valence-corrected chi connectivity index (χ1v) is 5.82. The van der Waals surface area contributed by atoms with Crippen molar-refractivity contribution in [3.63, 3.8) is 0 Å². The monoisotopic (exact) mass is 316 g/mol. The largest absolute Gasteiger partial charge is 0.573 e. The second-order valence-corrected chi connectivity index (χ2v) is 4.21. The van der Waals surface area contributed by atoms with Crippen molar-refractivity contribution >= 4 is 18.2 Å². The van der Waals surface area contributed by atoms with Gasteiger partial charge in [0.2, 0.25) is 0 Å². The molecule has 0 unspecified atom stereocenters. The zero-order valence-electron chi connectivity index (χ0n) is 11.0. The summed E-state index contributed by atoms with van der Waals surface area (Å²) < 4.78 is 39.9. The van der Waals surface area contributed by atoms with Crippen LogP contribution in [0.2, 0.25) is 0 Å². The lowest BCUT2D eigenvalue weighted by Crippen LogP contribution is -2.16. The van der Waals surface area contributed by atoms with Crippen molar-refractivity contribution in [2.75, 3.05) is 0 Å². The van der Waals surface area contributed by atoms with Crippen molar-refractivity contribution in [2.45, 2.75) is 13.3 Å². The Bertz CT molecular complexity index is 604. The van der Waals surface area contributed by atoms with E-state index in [1.165, 1.54) is 31.2 Å². The number of rotatable bonds is 3. The maximum atomic E-state index is 12.0. The lowest BCUT2D eigenvalue weighted by molar-refractivity contribution is -0.274. The third-order valence-electron chi connectivity index (χ3n) is 2.71. The molecule has 2 aromatic carbocycles. The van der Waals surface area contributed by atoms with E-state index in [2.05, 4.69) is 4.74 Å². The van der Waals surface area contributed by atoms with Crippen molar-refractivity contribution in [2.24, 2.45) is 0 Å². The minimum atomic E-state index is -4.69. The van der Waals surface area contributed by atoms with Gasteiger partial charge in [0.15, 0.2) is 5.78 Å². The molecule has 2 nitrogen and oxygen atoms in total. The van der Waals surface area contributed by atoms with Crippen LogP contribution in [0.5, 0.6) is 5.75 Å². The summed E-state index contributed by atoms with van der Waals surface area (Å²) in [5, 5.41) is 0. The fraction of sp³-hybridized carbons (Fsp3) is 0.133. The van der Waals surface area contributed by atoms with E-state index in [-0.39, 0.29) is 23.9 Å². The number of ether oxygens (including phenoxy) is 1. The SMILES string of the molecule is CC(=O)c1ccc(-c2ccc(OC(F)(F)F)cc2)cc1.Cl. The highest BCUT2D eigenvalue weighted by Crippen LogP contribution is 2.26. The average molecular weight is 317 g/mol. The molecule has 0 aliphatic rings. The van der Waals surface area contributed by atoms with Gasteiger partial charge in [0.05, 0.1) is 0 Å². The van der Waals surface area contributed by atoms with Crippen LogP contribution >= 0.6 is 12.4 Å². The lowest BCUT2D eigenvalue weighted by atomic mass is 10.0. The molecule has 0 atom stereocenters. The number of hydrogen-bond donors (Lipinski definition) is 0. The maximum absolute atomic E-state index is 12.0. The summed E-state index contributed by atoms with van der Waals surface area (Å²) in [7, 11) is 0. The number of benzene rings is 2. The number of Topliss-reactive ketones (excluding diaryl/α,β-unsaturated/α-hetero) is 1. The van der Waals surface area contributed by atoms with Crippen molar-refractivity contribution in [3.8, 4) is 16.9 Å². The number of carbonyl (C=O) groups excluding carboxylic acids is 1. The molecule has 0 radical (unpaired) electrons. The predicted octanol–water partition coefficient (Wildman–Crippen LogP) is 4.88. The Hall–Kier alpha value is -2.01. The summed E-state index contributed by atoms with van der Waals surface area (Å²) in [6.07, 6.45) is -4.69. The Morgan fingerprint density at radius 3 is 1.71 bits per heavy atom. The third-order valence-corrected chi connectivity index (χ3v) is 2.71. The zero-order chi connectivity index (χ0) is 14.8. The zero-order valence-corrected chi connectivity index (χ0v) is 11.8. The van der Waals surface area contributed by atoms with Crippen molar-refractivity contribution in [1.82, 2.24) is 0 Å². The highest BCUT2D eigenvalue weighted by molar-refractivity contribution is 5.94. The fourth-order valence-electron chi connectivity index (χ4n) is 1.75. The summed E-state index contributed by atoms with van der Waals surface area (Å²) in [5.74, 6) is -0.299. The van der Waals surface area contributed by atoms with Crippen LogP contribution in [0.15, 0.2) is 48.5 Å². The summed E-state index contributed by atoms with van der Waals surface area (Å²) in [5.41, 5.74) is 2.15. The lowest BCUT2D eigenvalue weighted by Gasteiger charge is -2.09. The highest BCUT2D eigenvalue weighted by Gasteiger charge is 2.30. The Labute approximate surface area is 126 Å². The van der Waals surface area contributed by atoms with Gasteiger partial charge in [-0.15, -0.1) is 25.6 Å². The van der Waals surface area contributed by atoms with Gasteiger partial charge in [-0.1, -0.05) is 36.4 Å². The molecular formula is C15H12ClF3O2. The molecule has 0 aliphatic carbocycles. The van der Waals surface area contributed by atoms with Gasteiger partial charge < -0.3 is 4.74 Å². The first kappa shape index (κ1) is 17.0. The molecule has 2 rings (SSSR count). The van der Waals surface area contributed by atoms with E-state index in [1.807, 2.05) is 0 Å². The molecule has 112 valence electrons. The number of carbonyl (C=O) groups is 1. The molecule has 0 aliphatic heterocycles. The molecule has 0 N–H and O–H groups in total. The summed E-state index contributed by atoms with van der Waals surface area (Å²) in [6.45, 7) is 1.47. The minimum absolute atomic E-state index is 0. The topological polar surface area (TPSA) is 26.3 Å². The van der Waals surface area contributed by atoms with E-state index in [4.69, 9.17) is 0 Å². The Morgan fingerprint density at radius 1 is 0.905 bits per heavy atom. The molecule has 0 saturated carbocycles. The smallest absolute Gasteiger partial charge is 0.406 e. The van der Waals surface area contributed by atoms with Gasteiger partial charge in [-0.2, -0.15) is 0 Å². The van der Waals surface area contributed by atoms with Crippen LogP contribution in [-0.4, -0.2) is 12.1 Å². The van der Waals surface area contributed by atoms with Crippen molar-refractivity contribution in [3.05, 3.63) is 54.1 Å². The number of halogens is 4. The molecular weight excluding hydrogens is 305 g/mol. The predicted molar refractivity (Wildman–Crippen MR) is 75.8 cm³/mol. The van der Waals surface area contributed by atoms with Gasteiger partial charge in [-0.25, -0.2) is 0 Å². The highest BCUT2D eigenvalue weighted by atomic mass is 35.5. The van der Waals surface area contributed by atoms with Crippen LogP contribution in [-0.2, 0) is 0 Å². The fourth-order valence-corrected chi connectivity index (χ4v) is 1.75. The van der Waals surface area contributed by atoms with Gasteiger partial charge >= 0.3 is 6.36 Å². The number of hydrogen-bond acceptors (Lipinski definition) is 2. The van der Waals surface area contributed by atoms with E-state index >= 15 is 0 Å². The standard InChI is InChI=1S/C15H11F3O2.ClH/c1-10(19)11-2-4-12(5-3-11)13-6-8-14(9-7-13)20-15(16,17)18;/h2-9H,1H3;1H. The van der Waals surface area contributed by atoms with Crippen molar-refractivity contribution < 1.29 is 22.7 Å². The van der Waals surface area contributed by atoms with E-state index in [9.17, 15) is 18.0 Å². The van der Waals surface area contributed by atoms with Crippen LogP contribution in [0, 0.1) is 0 Å². The van der Waals surface area contributed by atoms with Crippen LogP contribution in [0.1, 0.15) is 17.3 Å². The van der Waals surface area contributed by atoms with E-state index < -0.39 is 6.36 Å². The molecule has 0 fully saturated rings. The minimum Gasteiger partial charge on any atom is -0.406 e. The van der Waals surface area contributed by atoms with E-state index in [0.717, 1.165) is 11.1 Å². The Morgan fingerprint density at radius 2 is 1.33 bits per heavy atom. The molecule has 0 spiro atoms. The summed E-state index contributed by atoms with van der Waals surface area (Å²) in [6, 6.07) is 12.4. The van der Waals surface area contributed by atoms with Crippen LogP contribution < -0.4 is 4.74 Å². The van der Waals surface area contributed by atoms with Gasteiger partial charge in [-0.05, 0) is 30.2 Å². The second kappa shape index (κ2) is 6.63. The van der Waals surface area contributed by atoms with Gasteiger partial charge in [0, 0.05) is 5.56 Å². The third kappa shape index (κ3) is 4.79. The maximum Gasteiger partial charge on any atom is 0.573 e.